The van der Waals surface area contributed by atoms with E-state index in [1.165, 1.54) is 6.07 Å². The maximum Gasteiger partial charge on any atom is 0.336 e. The Hall–Kier alpha value is -2.82. The predicted octanol–water partition coefficient (Wildman–Crippen LogP) is 5.29. The van der Waals surface area contributed by atoms with Gasteiger partial charge in [0.1, 0.15) is 5.75 Å². The van der Waals surface area contributed by atoms with Crippen LogP contribution in [0.25, 0.3) is 0 Å². The highest BCUT2D eigenvalue weighted by atomic mass is 16.4. The van der Waals surface area contributed by atoms with Gasteiger partial charge in [-0.3, -0.25) is 4.79 Å². The summed E-state index contributed by atoms with van der Waals surface area (Å²) in [6.07, 6.45) is 4.78. The topological polar surface area (TPSA) is 77.8 Å². The van der Waals surface area contributed by atoms with Gasteiger partial charge in [0.2, 0.25) is 0 Å². The Kier molecular flexibility index (Phi) is 8.25. The van der Waals surface area contributed by atoms with Crippen LogP contribution in [0.15, 0.2) is 36.4 Å². The minimum absolute atomic E-state index is 0.0183. The summed E-state index contributed by atoms with van der Waals surface area (Å²) in [6, 6.07) is 9.90. The number of phenolic OH excluding ortho intramolecular Hbond substituents is 1. The molecule has 0 aliphatic rings. The Morgan fingerprint density at radius 2 is 1.66 bits per heavy atom. The zero-order valence-electron chi connectivity index (χ0n) is 17.6. The van der Waals surface area contributed by atoms with Gasteiger partial charge in [0, 0.05) is 30.4 Å². The number of benzene rings is 2. The molecule has 156 valence electrons. The number of rotatable bonds is 11. The SMILES string of the molecule is CCCCCCc1cccc(C(=O)O)c1C(=O)c1ccc(N(CC)CC)cc1O. The number of carboxylic acids is 1. The van der Waals surface area contributed by atoms with Crippen LogP contribution in [0.2, 0.25) is 0 Å². The second-order valence-corrected chi connectivity index (χ2v) is 7.16. The molecule has 2 rings (SSSR count). The fourth-order valence-corrected chi connectivity index (χ4v) is 3.63. The molecule has 2 aromatic rings. The molecule has 0 heterocycles. The molecule has 0 spiro atoms. The average molecular weight is 398 g/mol. The van der Waals surface area contributed by atoms with Gasteiger partial charge in [-0.1, -0.05) is 38.3 Å². The molecule has 0 aliphatic heterocycles. The van der Waals surface area contributed by atoms with Gasteiger partial charge in [0.25, 0.3) is 0 Å². The lowest BCUT2D eigenvalue weighted by molar-refractivity contribution is 0.0692. The standard InChI is InChI=1S/C24H31NO4/c1-4-7-8-9-11-17-12-10-13-20(24(28)29)22(17)23(27)19-15-14-18(16-21(19)26)25(5-2)6-3/h10,12-16,26H,4-9,11H2,1-3H3,(H,28,29). The number of carboxylic acid groups (broad SMARTS) is 1. The highest BCUT2D eigenvalue weighted by molar-refractivity contribution is 6.16. The molecule has 29 heavy (non-hydrogen) atoms. The van der Waals surface area contributed by atoms with Crippen molar-refractivity contribution >= 4 is 17.4 Å². The van der Waals surface area contributed by atoms with Crippen LogP contribution in [0.3, 0.4) is 0 Å². The lowest BCUT2D eigenvalue weighted by Gasteiger charge is -2.21. The van der Waals surface area contributed by atoms with Crippen LogP contribution in [0, 0.1) is 0 Å². The van der Waals surface area contributed by atoms with Crippen molar-refractivity contribution in [3.8, 4) is 5.75 Å². The van der Waals surface area contributed by atoms with Gasteiger partial charge in [-0.15, -0.1) is 0 Å². The van der Waals surface area contributed by atoms with E-state index in [4.69, 9.17) is 0 Å². The molecule has 5 heteroatoms. The number of aromatic hydroxyl groups is 1. The molecular weight excluding hydrogens is 366 g/mol. The van der Waals surface area contributed by atoms with Gasteiger partial charge in [-0.25, -0.2) is 4.79 Å². The van der Waals surface area contributed by atoms with Crippen molar-refractivity contribution in [2.45, 2.75) is 52.9 Å². The third kappa shape index (κ3) is 5.37. The summed E-state index contributed by atoms with van der Waals surface area (Å²) in [5.41, 5.74) is 1.84. The Balaban J connectivity index is 2.44. The van der Waals surface area contributed by atoms with Crippen molar-refractivity contribution in [1.82, 2.24) is 0 Å². The zero-order chi connectivity index (χ0) is 21.4. The number of anilines is 1. The fraction of sp³-hybridized carbons (Fsp3) is 0.417. The molecule has 0 saturated carbocycles. The van der Waals surface area contributed by atoms with Crippen molar-refractivity contribution in [2.24, 2.45) is 0 Å². The number of nitrogens with zero attached hydrogens (tertiary/aromatic N) is 1. The van der Waals surface area contributed by atoms with E-state index in [2.05, 4.69) is 11.8 Å². The summed E-state index contributed by atoms with van der Waals surface area (Å²) in [6.45, 7) is 7.74. The first-order valence-electron chi connectivity index (χ1n) is 10.4. The molecule has 2 N–H and O–H groups in total. The first-order valence-corrected chi connectivity index (χ1v) is 10.4. The van der Waals surface area contributed by atoms with Gasteiger partial charge in [-0.2, -0.15) is 0 Å². The summed E-state index contributed by atoms with van der Waals surface area (Å²) >= 11 is 0. The number of carbonyl (C=O) groups is 2. The van der Waals surface area contributed by atoms with E-state index in [9.17, 15) is 19.8 Å². The molecular formula is C24H31NO4. The maximum atomic E-state index is 13.3. The van der Waals surface area contributed by atoms with Crippen LogP contribution >= 0.6 is 0 Å². The van der Waals surface area contributed by atoms with Crippen LogP contribution in [0.4, 0.5) is 5.69 Å². The highest BCUT2D eigenvalue weighted by Gasteiger charge is 2.24. The molecule has 0 aliphatic carbocycles. The number of unbranched alkanes of at least 4 members (excludes halogenated alkanes) is 3. The molecule has 0 atom stereocenters. The van der Waals surface area contributed by atoms with E-state index in [0.29, 0.717) is 6.42 Å². The first-order chi connectivity index (χ1) is 13.9. The van der Waals surface area contributed by atoms with Crippen molar-refractivity contribution in [3.63, 3.8) is 0 Å². The quantitative estimate of drug-likeness (QED) is 0.398. The Morgan fingerprint density at radius 3 is 2.24 bits per heavy atom. The lowest BCUT2D eigenvalue weighted by Crippen LogP contribution is -2.21. The fourth-order valence-electron chi connectivity index (χ4n) is 3.63. The maximum absolute atomic E-state index is 13.3. The van der Waals surface area contributed by atoms with E-state index in [1.54, 1.807) is 24.3 Å². The normalized spacial score (nSPS) is 10.7. The van der Waals surface area contributed by atoms with Gasteiger partial charge < -0.3 is 15.1 Å². The van der Waals surface area contributed by atoms with Crippen molar-refractivity contribution in [2.75, 3.05) is 18.0 Å². The molecule has 0 amide bonds. The van der Waals surface area contributed by atoms with E-state index in [0.717, 1.165) is 50.0 Å². The van der Waals surface area contributed by atoms with Crippen LogP contribution in [-0.4, -0.2) is 35.1 Å². The Labute approximate surface area is 173 Å². The van der Waals surface area contributed by atoms with Crippen LogP contribution in [0.1, 0.15) is 78.3 Å². The largest absolute Gasteiger partial charge is 0.507 e. The third-order valence-corrected chi connectivity index (χ3v) is 5.26. The number of hydrogen-bond acceptors (Lipinski definition) is 4. The summed E-state index contributed by atoms with van der Waals surface area (Å²) < 4.78 is 0. The molecule has 0 saturated heterocycles. The lowest BCUT2D eigenvalue weighted by atomic mass is 9.90. The molecule has 5 nitrogen and oxygen atoms in total. The Bertz CT molecular complexity index is 856. The van der Waals surface area contributed by atoms with Crippen molar-refractivity contribution in [1.29, 1.82) is 0 Å². The monoisotopic (exact) mass is 397 g/mol. The van der Waals surface area contributed by atoms with E-state index >= 15 is 0 Å². The average Bonchev–Trinajstić information content (AvgIpc) is 2.71. The summed E-state index contributed by atoms with van der Waals surface area (Å²) in [4.78, 5) is 27.1. The van der Waals surface area contributed by atoms with Crippen molar-refractivity contribution in [3.05, 3.63) is 58.7 Å². The number of aromatic carboxylic acids is 1. The highest BCUT2D eigenvalue weighted by Crippen LogP contribution is 2.29. The predicted molar refractivity (Wildman–Crippen MR) is 116 cm³/mol. The minimum atomic E-state index is -1.14. The van der Waals surface area contributed by atoms with Crippen LogP contribution < -0.4 is 4.90 Å². The second kappa shape index (κ2) is 10.6. The Morgan fingerprint density at radius 1 is 0.931 bits per heavy atom. The summed E-state index contributed by atoms with van der Waals surface area (Å²) in [5.74, 6) is -1.71. The number of phenols is 1. The molecule has 2 aromatic carbocycles. The van der Waals surface area contributed by atoms with E-state index in [-0.39, 0.29) is 22.4 Å². The number of hydrogen-bond donors (Lipinski definition) is 2. The first kappa shape index (κ1) is 22.5. The summed E-state index contributed by atoms with van der Waals surface area (Å²) in [5, 5.41) is 20.2. The zero-order valence-corrected chi connectivity index (χ0v) is 17.6. The van der Waals surface area contributed by atoms with Gasteiger partial charge in [-0.05, 0) is 50.5 Å². The smallest absolute Gasteiger partial charge is 0.336 e. The number of ketones is 1. The molecule has 0 aromatic heterocycles. The van der Waals surface area contributed by atoms with Gasteiger partial charge in [0.05, 0.1) is 11.1 Å². The molecule has 0 bridgehead atoms. The summed E-state index contributed by atoms with van der Waals surface area (Å²) in [7, 11) is 0. The van der Waals surface area contributed by atoms with Gasteiger partial charge in [0.15, 0.2) is 5.78 Å². The number of aryl methyl sites for hydroxylation is 1. The van der Waals surface area contributed by atoms with Crippen LogP contribution in [0.5, 0.6) is 5.75 Å². The third-order valence-electron chi connectivity index (χ3n) is 5.26. The minimum Gasteiger partial charge on any atom is -0.507 e. The second-order valence-electron chi connectivity index (χ2n) is 7.16. The number of carbonyl (C=O) groups excluding carboxylic acids is 1. The van der Waals surface area contributed by atoms with Crippen molar-refractivity contribution < 1.29 is 19.8 Å². The molecule has 0 radical (unpaired) electrons. The molecule has 0 fully saturated rings. The molecule has 0 unspecified atom stereocenters. The van der Waals surface area contributed by atoms with Gasteiger partial charge >= 0.3 is 5.97 Å². The van der Waals surface area contributed by atoms with E-state index in [1.807, 2.05) is 19.9 Å². The van der Waals surface area contributed by atoms with E-state index < -0.39 is 11.8 Å². The van der Waals surface area contributed by atoms with Crippen LogP contribution in [-0.2, 0) is 6.42 Å².